The number of rotatable bonds is 6. The Kier molecular flexibility index (Phi) is 4.75. The number of carboxylic acids is 1. The van der Waals surface area contributed by atoms with Crippen LogP contribution in [0.5, 0.6) is 0 Å². The van der Waals surface area contributed by atoms with Crippen molar-refractivity contribution in [1.29, 1.82) is 0 Å². The molecule has 1 rings (SSSR count). The quantitative estimate of drug-likeness (QED) is 0.834. The highest BCUT2D eigenvalue weighted by Crippen LogP contribution is 2.20. The van der Waals surface area contributed by atoms with Gasteiger partial charge in [-0.1, -0.05) is 13.8 Å². The minimum Gasteiger partial charge on any atom is -0.477 e. The molecular formula is C12H20N2O4S. The lowest BCUT2D eigenvalue weighted by Gasteiger charge is -2.25. The lowest BCUT2D eigenvalue weighted by molar-refractivity contribution is 0.0691. The molecule has 0 aliphatic carbocycles. The first-order valence-corrected chi connectivity index (χ1v) is 7.50. The second kappa shape index (κ2) is 5.75. The molecule has 0 fully saturated rings. The van der Waals surface area contributed by atoms with Crippen LogP contribution in [-0.4, -0.2) is 41.9 Å². The van der Waals surface area contributed by atoms with Gasteiger partial charge in [-0.25, -0.2) is 13.2 Å². The highest BCUT2D eigenvalue weighted by molar-refractivity contribution is 7.89. The first-order valence-electron chi connectivity index (χ1n) is 6.06. The fraction of sp³-hybridized carbons (Fsp3) is 0.583. The number of hydrogen-bond donors (Lipinski definition) is 2. The van der Waals surface area contributed by atoms with Crippen LogP contribution in [-0.2, 0) is 10.0 Å². The SMILES string of the molecule is CC(C)CC(C)N(C)S(=O)(=O)c1c[nH]c(C(=O)O)c1. The zero-order valence-electron chi connectivity index (χ0n) is 11.5. The second-order valence-corrected chi connectivity index (χ2v) is 7.05. The molecule has 0 aliphatic rings. The number of aromatic amines is 1. The molecule has 0 aromatic carbocycles. The molecule has 0 saturated carbocycles. The summed E-state index contributed by atoms with van der Waals surface area (Å²) in [4.78, 5) is 13.2. The van der Waals surface area contributed by atoms with Crippen LogP contribution in [0.2, 0.25) is 0 Å². The van der Waals surface area contributed by atoms with Crippen molar-refractivity contribution in [3.05, 3.63) is 18.0 Å². The van der Waals surface area contributed by atoms with Crippen molar-refractivity contribution in [3.8, 4) is 0 Å². The molecule has 0 saturated heterocycles. The zero-order chi connectivity index (χ0) is 14.8. The standard InChI is InChI=1S/C12H20N2O4S/c1-8(2)5-9(3)14(4)19(17,18)10-6-11(12(15)16)13-7-10/h6-9,13H,5H2,1-4H3,(H,15,16). The predicted octanol–water partition coefficient (Wildman–Crippen LogP) is 1.77. The number of carboxylic acid groups (broad SMARTS) is 1. The van der Waals surface area contributed by atoms with Crippen LogP contribution in [0.15, 0.2) is 17.2 Å². The lowest BCUT2D eigenvalue weighted by atomic mass is 10.1. The van der Waals surface area contributed by atoms with E-state index < -0.39 is 16.0 Å². The number of aromatic nitrogens is 1. The van der Waals surface area contributed by atoms with Crippen molar-refractivity contribution in [2.75, 3.05) is 7.05 Å². The van der Waals surface area contributed by atoms with E-state index in [0.717, 1.165) is 12.5 Å². The Morgan fingerprint density at radius 1 is 1.42 bits per heavy atom. The minimum atomic E-state index is -3.66. The monoisotopic (exact) mass is 288 g/mol. The van der Waals surface area contributed by atoms with Gasteiger partial charge in [-0.3, -0.25) is 0 Å². The summed E-state index contributed by atoms with van der Waals surface area (Å²) in [6.45, 7) is 5.88. The second-order valence-electron chi connectivity index (χ2n) is 5.05. The lowest BCUT2D eigenvalue weighted by Crippen LogP contribution is -2.35. The summed E-state index contributed by atoms with van der Waals surface area (Å²) in [5, 5.41) is 8.79. The van der Waals surface area contributed by atoms with Crippen LogP contribution in [0.1, 0.15) is 37.7 Å². The van der Waals surface area contributed by atoms with E-state index in [1.807, 2.05) is 20.8 Å². The van der Waals surface area contributed by atoms with Gasteiger partial charge in [-0.05, 0) is 25.3 Å². The molecule has 6 nitrogen and oxygen atoms in total. The van der Waals surface area contributed by atoms with Crippen LogP contribution in [0, 0.1) is 5.92 Å². The van der Waals surface area contributed by atoms with Crippen molar-refractivity contribution >= 4 is 16.0 Å². The van der Waals surface area contributed by atoms with Crippen molar-refractivity contribution in [2.24, 2.45) is 5.92 Å². The molecule has 1 unspecified atom stereocenters. The van der Waals surface area contributed by atoms with Gasteiger partial charge in [0.2, 0.25) is 10.0 Å². The van der Waals surface area contributed by atoms with Crippen LogP contribution < -0.4 is 0 Å². The van der Waals surface area contributed by atoms with E-state index in [0.29, 0.717) is 5.92 Å². The van der Waals surface area contributed by atoms with E-state index in [2.05, 4.69) is 4.98 Å². The molecule has 1 aromatic rings. The van der Waals surface area contributed by atoms with Gasteiger partial charge in [0.05, 0.1) is 0 Å². The Hall–Kier alpha value is -1.34. The third-order valence-corrected chi connectivity index (χ3v) is 4.95. The zero-order valence-corrected chi connectivity index (χ0v) is 12.4. The molecule has 19 heavy (non-hydrogen) atoms. The van der Waals surface area contributed by atoms with E-state index >= 15 is 0 Å². The van der Waals surface area contributed by atoms with E-state index in [4.69, 9.17) is 5.11 Å². The van der Waals surface area contributed by atoms with Crippen LogP contribution in [0.4, 0.5) is 0 Å². The van der Waals surface area contributed by atoms with Gasteiger partial charge in [0, 0.05) is 19.3 Å². The average molecular weight is 288 g/mol. The van der Waals surface area contributed by atoms with Crippen molar-refractivity contribution < 1.29 is 18.3 Å². The molecule has 0 amide bonds. The van der Waals surface area contributed by atoms with Gasteiger partial charge in [-0.2, -0.15) is 4.31 Å². The van der Waals surface area contributed by atoms with E-state index in [9.17, 15) is 13.2 Å². The highest BCUT2D eigenvalue weighted by atomic mass is 32.2. The third kappa shape index (κ3) is 3.57. The van der Waals surface area contributed by atoms with Crippen molar-refractivity contribution in [3.63, 3.8) is 0 Å². The maximum atomic E-state index is 12.3. The Bertz CT molecular complexity index is 548. The number of nitrogens with zero attached hydrogens (tertiary/aromatic N) is 1. The predicted molar refractivity (Wildman–Crippen MR) is 71.6 cm³/mol. The summed E-state index contributed by atoms with van der Waals surface area (Å²) in [5.41, 5.74) is -0.136. The summed E-state index contributed by atoms with van der Waals surface area (Å²) >= 11 is 0. The van der Waals surface area contributed by atoms with Gasteiger partial charge < -0.3 is 10.1 Å². The third-order valence-electron chi connectivity index (χ3n) is 3.00. The first-order chi connectivity index (χ1) is 8.66. The van der Waals surface area contributed by atoms with Gasteiger partial charge in [0.15, 0.2) is 0 Å². The first kappa shape index (κ1) is 15.7. The van der Waals surface area contributed by atoms with Crippen molar-refractivity contribution in [2.45, 2.75) is 38.1 Å². The number of sulfonamides is 1. The molecule has 2 N–H and O–H groups in total. The molecule has 0 spiro atoms. The minimum absolute atomic E-state index is 0.0250. The normalized spacial score (nSPS) is 14.0. The summed E-state index contributed by atoms with van der Waals surface area (Å²) in [7, 11) is -2.15. The molecule has 0 radical (unpaired) electrons. The molecule has 108 valence electrons. The maximum absolute atomic E-state index is 12.3. The summed E-state index contributed by atoms with van der Waals surface area (Å²) in [6.07, 6.45) is 1.95. The maximum Gasteiger partial charge on any atom is 0.352 e. The fourth-order valence-corrected chi connectivity index (χ4v) is 3.25. The molecule has 1 atom stereocenters. The summed E-state index contributed by atoms with van der Waals surface area (Å²) in [5.74, 6) is -0.798. The topological polar surface area (TPSA) is 90.5 Å². The number of nitrogens with one attached hydrogen (secondary N) is 1. The molecule has 1 aromatic heterocycles. The molecular weight excluding hydrogens is 268 g/mol. The van der Waals surface area contributed by atoms with Crippen LogP contribution >= 0.6 is 0 Å². The number of aromatic carboxylic acids is 1. The highest BCUT2D eigenvalue weighted by Gasteiger charge is 2.27. The molecule has 0 bridgehead atoms. The average Bonchev–Trinajstić information content (AvgIpc) is 2.76. The summed E-state index contributed by atoms with van der Waals surface area (Å²) < 4.78 is 25.9. The fourth-order valence-electron chi connectivity index (χ4n) is 1.88. The van der Waals surface area contributed by atoms with Gasteiger partial charge in [-0.15, -0.1) is 0 Å². The van der Waals surface area contributed by atoms with E-state index in [-0.39, 0.29) is 16.6 Å². The van der Waals surface area contributed by atoms with Crippen LogP contribution in [0.3, 0.4) is 0 Å². The molecule has 0 aliphatic heterocycles. The van der Waals surface area contributed by atoms with E-state index in [1.54, 1.807) is 0 Å². The number of carbonyl (C=O) groups is 1. The van der Waals surface area contributed by atoms with Gasteiger partial charge >= 0.3 is 5.97 Å². The smallest absolute Gasteiger partial charge is 0.352 e. The Balaban J connectivity index is 2.99. The number of H-pyrrole nitrogens is 1. The summed E-state index contributed by atoms with van der Waals surface area (Å²) in [6, 6.07) is 0.990. The molecule has 1 heterocycles. The van der Waals surface area contributed by atoms with Crippen LogP contribution in [0.25, 0.3) is 0 Å². The van der Waals surface area contributed by atoms with Gasteiger partial charge in [0.25, 0.3) is 0 Å². The number of hydrogen-bond acceptors (Lipinski definition) is 3. The van der Waals surface area contributed by atoms with Gasteiger partial charge in [0.1, 0.15) is 10.6 Å². The Labute approximate surface area is 113 Å². The molecule has 7 heteroatoms. The Morgan fingerprint density at radius 2 is 2.00 bits per heavy atom. The largest absolute Gasteiger partial charge is 0.477 e. The van der Waals surface area contributed by atoms with E-state index in [1.165, 1.54) is 17.5 Å². The Morgan fingerprint density at radius 3 is 2.42 bits per heavy atom. The van der Waals surface area contributed by atoms with Crippen molar-refractivity contribution in [1.82, 2.24) is 9.29 Å².